The fourth-order valence-electron chi connectivity index (χ4n) is 2.20. The van der Waals surface area contributed by atoms with Crippen molar-refractivity contribution in [3.8, 4) is 0 Å². The van der Waals surface area contributed by atoms with Gasteiger partial charge in [0.25, 0.3) is 0 Å². The van der Waals surface area contributed by atoms with E-state index in [0.717, 1.165) is 12.8 Å². The summed E-state index contributed by atoms with van der Waals surface area (Å²) in [5, 5.41) is 11.7. The number of carboxylic acids is 1. The molecule has 0 saturated carbocycles. The van der Waals surface area contributed by atoms with E-state index >= 15 is 0 Å². The summed E-state index contributed by atoms with van der Waals surface area (Å²) in [4.78, 5) is 34.7. The lowest BCUT2D eigenvalue weighted by molar-refractivity contribution is -0.145. The van der Waals surface area contributed by atoms with Gasteiger partial charge in [-0.3, -0.25) is 0 Å². The van der Waals surface area contributed by atoms with Gasteiger partial charge >= 0.3 is 18.1 Å². The molecule has 0 aromatic rings. The van der Waals surface area contributed by atoms with Crippen LogP contribution in [0.15, 0.2) is 0 Å². The van der Waals surface area contributed by atoms with Crippen LogP contribution < -0.4 is 11.1 Å². The number of carbonyl (C=O) groups excluding carboxylic acids is 2. The van der Waals surface area contributed by atoms with Crippen molar-refractivity contribution in [2.24, 2.45) is 11.7 Å². The van der Waals surface area contributed by atoms with Gasteiger partial charge in [0.1, 0.15) is 12.6 Å². The molecule has 0 aliphatic carbocycles. The summed E-state index contributed by atoms with van der Waals surface area (Å²) in [6.07, 6.45) is 0.645. The zero-order valence-electron chi connectivity index (χ0n) is 10.8. The maximum atomic E-state index is 11.9. The van der Waals surface area contributed by atoms with Gasteiger partial charge in [-0.15, -0.1) is 0 Å². The van der Waals surface area contributed by atoms with Crippen LogP contribution in [0.5, 0.6) is 0 Å². The molecule has 1 aliphatic heterocycles. The van der Waals surface area contributed by atoms with E-state index in [-0.39, 0.29) is 19.1 Å². The van der Waals surface area contributed by atoms with Gasteiger partial charge in [-0.1, -0.05) is 6.92 Å². The average molecular weight is 273 g/mol. The van der Waals surface area contributed by atoms with E-state index in [2.05, 4.69) is 10.1 Å². The van der Waals surface area contributed by atoms with Crippen molar-refractivity contribution in [1.29, 1.82) is 0 Å². The highest BCUT2D eigenvalue weighted by molar-refractivity contribution is 5.83. The number of hydrogen-bond acceptors (Lipinski definition) is 4. The van der Waals surface area contributed by atoms with Crippen molar-refractivity contribution in [3.05, 3.63) is 0 Å². The highest BCUT2D eigenvalue weighted by atomic mass is 16.5. The van der Waals surface area contributed by atoms with Gasteiger partial charge in [0.2, 0.25) is 0 Å². The number of ether oxygens (including phenoxy) is 1. The van der Waals surface area contributed by atoms with Crippen LogP contribution in [0.4, 0.5) is 9.59 Å². The Bertz CT molecular complexity index is 360. The number of amides is 3. The van der Waals surface area contributed by atoms with Crippen molar-refractivity contribution >= 4 is 18.1 Å². The summed E-state index contributed by atoms with van der Waals surface area (Å²) in [5.74, 6) is -1.09. The molecule has 19 heavy (non-hydrogen) atoms. The molecule has 4 N–H and O–H groups in total. The number of carbonyl (C=O) groups is 3. The smallest absolute Gasteiger partial charge is 0.404 e. The summed E-state index contributed by atoms with van der Waals surface area (Å²) in [7, 11) is 0. The van der Waals surface area contributed by atoms with Crippen molar-refractivity contribution in [2.75, 3.05) is 19.7 Å². The number of rotatable bonds is 4. The highest BCUT2D eigenvalue weighted by Gasteiger charge is 2.36. The molecule has 1 rings (SSSR count). The third-order valence-electron chi connectivity index (χ3n) is 3.07. The fourth-order valence-corrected chi connectivity index (χ4v) is 2.20. The van der Waals surface area contributed by atoms with E-state index in [0.29, 0.717) is 6.54 Å². The monoisotopic (exact) mass is 273 g/mol. The minimum atomic E-state index is -1.00. The first-order chi connectivity index (χ1) is 8.93. The third-order valence-corrected chi connectivity index (χ3v) is 3.07. The number of aliphatic carboxylic acids is 1. The first-order valence-corrected chi connectivity index (χ1v) is 6.13. The summed E-state index contributed by atoms with van der Waals surface area (Å²) in [6.45, 7) is 2.28. The van der Waals surface area contributed by atoms with Crippen LogP contribution in [0.1, 0.15) is 19.8 Å². The number of nitrogens with zero attached hydrogens (tertiary/aromatic N) is 1. The number of carboxylic acid groups (broad SMARTS) is 1. The van der Waals surface area contributed by atoms with Crippen molar-refractivity contribution in [1.82, 2.24) is 10.2 Å². The largest absolute Gasteiger partial charge is 0.480 e. The Hall–Kier alpha value is -1.99. The predicted molar refractivity (Wildman–Crippen MR) is 65.5 cm³/mol. The molecule has 1 heterocycles. The van der Waals surface area contributed by atoms with E-state index < -0.39 is 24.1 Å². The fraction of sp³-hybridized carbons (Fsp3) is 0.727. The standard InChI is InChI=1S/C11H19N3O5/c1-7-3-2-5-14(8(7)9(15)16)11(18)13-4-6-19-10(12)17/h7-8H,2-6H2,1H3,(H2,12,17)(H,13,18)(H,15,16). The number of nitrogens with two attached hydrogens (primary N) is 1. The van der Waals surface area contributed by atoms with Gasteiger partial charge in [0.05, 0.1) is 6.54 Å². The number of nitrogens with one attached hydrogen (secondary N) is 1. The summed E-state index contributed by atoms with van der Waals surface area (Å²) >= 11 is 0. The average Bonchev–Trinajstić information content (AvgIpc) is 2.33. The van der Waals surface area contributed by atoms with Gasteiger partial charge in [0.15, 0.2) is 0 Å². The molecule has 108 valence electrons. The second kappa shape index (κ2) is 6.81. The number of urea groups is 1. The van der Waals surface area contributed by atoms with Gasteiger partial charge in [-0.2, -0.15) is 0 Å². The van der Waals surface area contributed by atoms with E-state index in [1.165, 1.54) is 4.90 Å². The van der Waals surface area contributed by atoms with Gasteiger partial charge < -0.3 is 25.8 Å². The summed E-state index contributed by atoms with van der Waals surface area (Å²) in [5.41, 5.74) is 4.77. The van der Waals surface area contributed by atoms with Crippen LogP contribution in [0, 0.1) is 5.92 Å². The highest BCUT2D eigenvalue weighted by Crippen LogP contribution is 2.23. The van der Waals surface area contributed by atoms with E-state index in [4.69, 9.17) is 10.8 Å². The Labute approximate surface area is 110 Å². The zero-order chi connectivity index (χ0) is 14.4. The van der Waals surface area contributed by atoms with Crippen molar-refractivity contribution in [3.63, 3.8) is 0 Å². The summed E-state index contributed by atoms with van der Waals surface area (Å²) in [6, 6.07) is -1.28. The first kappa shape index (κ1) is 15.1. The predicted octanol–water partition coefficient (Wildman–Crippen LogP) is -0.0236. The lowest BCUT2D eigenvalue weighted by atomic mass is 9.91. The maximum Gasteiger partial charge on any atom is 0.404 e. The molecule has 1 aliphatic rings. The van der Waals surface area contributed by atoms with Crippen LogP contribution in [0.25, 0.3) is 0 Å². The van der Waals surface area contributed by atoms with Crippen LogP contribution in [-0.2, 0) is 9.53 Å². The molecule has 8 nitrogen and oxygen atoms in total. The molecule has 8 heteroatoms. The van der Waals surface area contributed by atoms with E-state index in [1.807, 2.05) is 6.92 Å². The van der Waals surface area contributed by atoms with Crippen LogP contribution in [-0.4, -0.2) is 53.8 Å². The normalized spacial score (nSPS) is 22.7. The molecule has 0 aromatic carbocycles. The SMILES string of the molecule is CC1CCCN(C(=O)NCCOC(N)=O)C1C(=O)O. The molecule has 0 aromatic heterocycles. The number of piperidine rings is 1. The Morgan fingerprint density at radius 1 is 1.47 bits per heavy atom. The molecule has 2 atom stereocenters. The molecule has 1 saturated heterocycles. The Morgan fingerprint density at radius 3 is 2.74 bits per heavy atom. The molecule has 0 bridgehead atoms. The lowest BCUT2D eigenvalue weighted by Crippen LogP contribution is -2.55. The van der Waals surface area contributed by atoms with Gasteiger partial charge in [-0.25, -0.2) is 14.4 Å². The topological polar surface area (TPSA) is 122 Å². The second-order valence-corrected chi connectivity index (χ2v) is 4.50. The molecule has 2 unspecified atom stereocenters. The molecule has 0 spiro atoms. The first-order valence-electron chi connectivity index (χ1n) is 6.13. The van der Waals surface area contributed by atoms with E-state index in [1.54, 1.807) is 0 Å². The number of likely N-dealkylation sites (tertiary alicyclic amines) is 1. The van der Waals surface area contributed by atoms with Crippen LogP contribution >= 0.6 is 0 Å². The number of primary amides is 1. The van der Waals surface area contributed by atoms with Crippen LogP contribution in [0.2, 0.25) is 0 Å². The van der Waals surface area contributed by atoms with Crippen molar-refractivity contribution in [2.45, 2.75) is 25.8 Å². The zero-order valence-corrected chi connectivity index (χ0v) is 10.8. The number of hydrogen-bond donors (Lipinski definition) is 3. The Morgan fingerprint density at radius 2 is 2.16 bits per heavy atom. The molecule has 1 fully saturated rings. The quantitative estimate of drug-likeness (QED) is 0.621. The molecule has 0 radical (unpaired) electrons. The van der Waals surface area contributed by atoms with E-state index in [9.17, 15) is 14.4 Å². The molecular formula is C11H19N3O5. The minimum Gasteiger partial charge on any atom is -0.480 e. The minimum absolute atomic E-state index is 0.0395. The van der Waals surface area contributed by atoms with Gasteiger partial charge in [-0.05, 0) is 18.8 Å². The molecular weight excluding hydrogens is 254 g/mol. The van der Waals surface area contributed by atoms with Crippen LogP contribution in [0.3, 0.4) is 0 Å². The van der Waals surface area contributed by atoms with Crippen molar-refractivity contribution < 1.29 is 24.2 Å². The Balaban J connectivity index is 2.49. The third kappa shape index (κ3) is 4.31. The van der Waals surface area contributed by atoms with Gasteiger partial charge in [0, 0.05) is 6.54 Å². The lowest BCUT2D eigenvalue weighted by Gasteiger charge is -2.37. The molecule has 3 amide bonds. The maximum absolute atomic E-state index is 11.9. The summed E-state index contributed by atoms with van der Waals surface area (Å²) < 4.78 is 4.46. The Kier molecular flexibility index (Phi) is 5.40. The second-order valence-electron chi connectivity index (χ2n) is 4.50.